The van der Waals surface area contributed by atoms with Gasteiger partial charge in [-0.15, -0.1) is 0 Å². The molecule has 0 aromatic heterocycles. The molecule has 2 atom stereocenters. The fourth-order valence-electron chi connectivity index (χ4n) is 1.60. The lowest BCUT2D eigenvalue weighted by molar-refractivity contribution is 0.353. The molecule has 0 radical (unpaired) electrons. The van der Waals surface area contributed by atoms with E-state index >= 15 is 0 Å². The Hall–Kier alpha value is -0.0200. The van der Waals surface area contributed by atoms with Crippen molar-refractivity contribution in [2.45, 2.75) is 13.0 Å². The Balaban J connectivity index is 2.53. The smallest absolute Gasteiger partial charge is 0.279 e. The first-order valence-electron chi connectivity index (χ1n) is 5.20. The Bertz CT molecular complexity index is 338. The van der Waals surface area contributed by atoms with Crippen LogP contribution in [0.25, 0.3) is 0 Å². The van der Waals surface area contributed by atoms with Crippen molar-refractivity contribution in [3.05, 3.63) is 0 Å². The van der Waals surface area contributed by atoms with Gasteiger partial charge in [-0.1, -0.05) is 0 Å². The maximum absolute atomic E-state index is 11.9. The van der Waals surface area contributed by atoms with Gasteiger partial charge >= 0.3 is 0 Å². The predicted octanol–water partition coefficient (Wildman–Crippen LogP) is -1.51. The summed E-state index contributed by atoms with van der Waals surface area (Å²) in [7, 11) is -4.41. The Morgan fingerprint density at radius 3 is 2.50 bits per heavy atom. The van der Waals surface area contributed by atoms with Crippen LogP contribution in [0.4, 0.5) is 0 Å². The molecular formula is C8H19N3O3S2. The van der Waals surface area contributed by atoms with E-state index in [0.717, 1.165) is 0 Å². The summed E-state index contributed by atoms with van der Waals surface area (Å²) in [6.45, 7) is 4.04. The van der Waals surface area contributed by atoms with E-state index in [-0.39, 0.29) is 6.04 Å². The highest BCUT2D eigenvalue weighted by molar-refractivity contribution is 7.87. The predicted molar refractivity (Wildman–Crippen MR) is 64.9 cm³/mol. The number of nitrogens with zero attached hydrogens (tertiary/aromatic N) is 1. The average Bonchev–Trinajstić information content (AvgIpc) is 2.16. The van der Waals surface area contributed by atoms with Crippen molar-refractivity contribution in [2.24, 2.45) is 0 Å². The molecule has 0 spiro atoms. The van der Waals surface area contributed by atoms with E-state index < -0.39 is 21.0 Å². The zero-order valence-corrected chi connectivity index (χ0v) is 11.2. The van der Waals surface area contributed by atoms with Crippen LogP contribution in [0, 0.1) is 0 Å². The fourth-order valence-corrected chi connectivity index (χ4v) is 3.90. The van der Waals surface area contributed by atoms with Gasteiger partial charge in [-0.3, -0.25) is 4.21 Å². The van der Waals surface area contributed by atoms with Crippen LogP contribution in [0.3, 0.4) is 0 Å². The molecule has 0 amide bonds. The summed E-state index contributed by atoms with van der Waals surface area (Å²) in [5.74, 6) is 0.339. The van der Waals surface area contributed by atoms with Gasteiger partial charge < -0.3 is 5.32 Å². The molecular weight excluding hydrogens is 250 g/mol. The van der Waals surface area contributed by atoms with Gasteiger partial charge in [-0.05, 0) is 6.92 Å². The molecule has 2 N–H and O–H groups in total. The largest absolute Gasteiger partial charge is 0.314 e. The van der Waals surface area contributed by atoms with Crippen molar-refractivity contribution in [3.63, 3.8) is 0 Å². The first-order valence-corrected chi connectivity index (χ1v) is 8.36. The molecule has 1 fully saturated rings. The minimum atomic E-state index is -3.42. The van der Waals surface area contributed by atoms with Gasteiger partial charge in [0.2, 0.25) is 0 Å². The van der Waals surface area contributed by atoms with Gasteiger partial charge in [0.05, 0.1) is 0 Å². The molecule has 0 aromatic carbocycles. The highest BCUT2D eigenvalue weighted by Gasteiger charge is 2.25. The molecule has 2 unspecified atom stereocenters. The van der Waals surface area contributed by atoms with Crippen LogP contribution >= 0.6 is 0 Å². The molecule has 96 valence electrons. The van der Waals surface area contributed by atoms with E-state index in [1.165, 1.54) is 4.31 Å². The lowest BCUT2D eigenvalue weighted by atomic mass is 10.4. The topological polar surface area (TPSA) is 78.5 Å². The summed E-state index contributed by atoms with van der Waals surface area (Å²) in [6.07, 6.45) is 1.57. The van der Waals surface area contributed by atoms with Crippen LogP contribution in [0.15, 0.2) is 0 Å². The molecule has 1 aliphatic heterocycles. The highest BCUT2D eigenvalue weighted by Crippen LogP contribution is 2.01. The summed E-state index contributed by atoms with van der Waals surface area (Å²) in [5, 5.41) is 3.09. The summed E-state index contributed by atoms with van der Waals surface area (Å²) in [4.78, 5) is 0. The van der Waals surface area contributed by atoms with Crippen molar-refractivity contribution in [2.75, 3.05) is 38.2 Å². The molecule has 1 rings (SSSR count). The summed E-state index contributed by atoms with van der Waals surface area (Å²) in [6, 6.07) is -0.300. The summed E-state index contributed by atoms with van der Waals surface area (Å²) >= 11 is 0. The van der Waals surface area contributed by atoms with Crippen molar-refractivity contribution >= 4 is 21.0 Å². The van der Waals surface area contributed by atoms with Crippen LogP contribution in [0.5, 0.6) is 0 Å². The van der Waals surface area contributed by atoms with Crippen molar-refractivity contribution in [1.82, 2.24) is 14.3 Å². The van der Waals surface area contributed by atoms with E-state index in [4.69, 9.17) is 0 Å². The Morgan fingerprint density at radius 2 is 2.00 bits per heavy atom. The van der Waals surface area contributed by atoms with Crippen molar-refractivity contribution in [3.8, 4) is 0 Å². The Kier molecular flexibility index (Phi) is 5.32. The number of rotatable bonds is 5. The number of hydrogen-bond acceptors (Lipinski definition) is 4. The summed E-state index contributed by atoms with van der Waals surface area (Å²) in [5.41, 5.74) is 0. The van der Waals surface area contributed by atoms with E-state index in [0.29, 0.717) is 31.9 Å². The van der Waals surface area contributed by atoms with Gasteiger partial charge in [0.15, 0.2) is 0 Å². The molecule has 0 bridgehead atoms. The number of piperazine rings is 1. The molecule has 1 heterocycles. The molecule has 6 nitrogen and oxygen atoms in total. The average molecular weight is 269 g/mol. The maximum Gasteiger partial charge on any atom is 0.279 e. The maximum atomic E-state index is 11.9. The van der Waals surface area contributed by atoms with Crippen LogP contribution in [-0.2, 0) is 21.0 Å². The monoisotopic (exact) mass is 269 g/mol. The zero-order valence-electron chi connectivity index (χ0n) is 9.60. The quantitative estimate of drug-likeness (QED) is 0.636. The first kappa shape index (κ1) is 14.0. The van der Waals surface area contributed by atoms with E-state index in [1.807, 2.05) is 0 Å². The first-order chi connectivity index (χ1) is 7.42. The van der Waals surface area contributed by atoms with Crippen molar-refractivity contribution < 1.29 is 12.6 Å². The lowest BCUT2D eigenvalue weighted by Crippen LogP contribution is -2.52. The molecule has 0 aliphatic carbocycles. The van der Waals surface area contributed by atoms with Crippen molar-refractivity contribution in [1.29, 1.82) is 0 Å². The van der Waals surface area contributed by atoms with Gasteiger partial charge in [0.1, 0.15) is 0 Å². The van der Waals surface area contributed by atoms with Crippen LogP contribution in [-0.4, -0.2) is 61.2 Å². The normalized spacial score (nSPS) is 22.9. The third-order valence-electron chi connectivity index (χ3n) is 2.25. The molecule has 1 saturated heterocycles. The van der Waals surface area contributed by atoms with Gasteiger partial charge in [-0.25, -0.2) is 0 Å². The van der Waals surface area contributed by atoms with Gasteiger partial charge in [-0.2, -0.15) is 17.4 Å². The second-order valence-electron chi connectivity index (χ2n) is 3.91. The third kappa shape index (κ3) is 4.46. The Morgan fingerprint density at radius 1 is 1.44 bits per heavy atom. The van der Waals surface area contributed by atoms with E-state index in [2.05, 4.69) is 10.0 Å². The van der Waals surface area contributed by atoms with E-state index in [9.17, 15) is 12.6 Å². The molecule has 0 saturated carbocycles. The minimum absolute atomic E-state index is 0.300. The Labute approximate surface area is 99.4 Å². The summed E-state index contributed by atoms with van der Waals surface area (Å²) < 4.78 is 38.6. The van der Waals surface area contributed by atoms with Gasteiger partial charge in [0.25, 0.3) is 10.2 Å². The molecule has 8 heteroatoms. The second kappa shape index (κ2) is 6.06. The number of nitrogens with one attached hydrogen (secondary N) is 2. The van der Waals surface area contributed by atoms with Crippen LogP contribution in [0.1, 0.15) is 6.92 Å². The zero-order chi connectivity index (χ0) is 12.2. The van der Waals surface area contributed by atoms with Crippen LogP contribution < -0.4 is 10.0 Å². The molecule has 0 aromatic rings. The van der Waals surface area contributed by atoms with Gasteiger partial charge in [0, 0.05) is 55.0 Å². The highest BCUT2D eigenvalue weighted by atomic mass is 32.2. The minimum Gasteiger partial charge on any atom is -0.314 e. The standard InChI is InChI=1S/C8H19N3O3S2/c1-8(7-15(2)12)10-16(13,14)11-5-3-9-4-6-11/h8-10H,3-7H2,1-2H3. The third-order valence-corrected chi connectivity index (χ3v) is 4.97. The SMILES string of the molecule is CC(CS(C)=O)NS(=O)(=O)N1CCNCC1. The van der Waals surface area contributed by atoms with Crippen LogP contribution in [0.2, 0.25) is 0 Å². The lowest BCUT2D eigenvalue weighted by Gasteiger charge is -2.28. The van der Waals surface area contributed by atoms with E-state index in [1.54, 1.807) is 13.2 Å². The second-order valence-corrected chi connectivity index (χ2v) is 7.09. The molecule has 1 aliphatic rings. The molecule has 16 heavy (non-hydrogen) atoms. The fraction of sp³-hybridized carbons (Fsp3) is 1.00. The number of hydrogen-bond donors (Lipinski definition) is 2.